The normalized spacial score (nSPS) is 59.9. The first-order chi connectivity index (χ1) is 10.3. The van der Waals surface area contributed by atoms with Crippen molar-refractivity contribution in [3.05, 3.63) is 0 Å². The van der Waals surface area contributed by atoms with Crippen LogP contribution in [0.2, 0.25) is 0 Å². The second-order valence-corrected chi connectivity index (χ2v) is 10.0. The van der Waals surface area contributed by atoms with Crippen LogP contribution in [0.4, 0.5) is 0 Å². The fourth-order valence-electron chi connectivity index (χ4n) is 8.11. The van der Waals surface area contributed by atoms with Crippen molar-refractivity contribution < 1.29 is 10.2 Å². The van der Waals surface area contributed by atoms with Crippen molar-refractivity contribution in [3.63, 3.8) is 0 Å². The molecule has 4 aliphatic carbocycles. The molecule has 2 heteroatoms. The average molecular weight is 306 g/mol. The Bertz CT molecular complexity index is 466. The highest BCUT2D eigenvalue weighted by Gasteiger charge is 2.77. The fraction of sp³-hybridized carbons (Fsp3) is 1.00. The predicted octanol–water partition coefficient (Wildman–Crippen LogP) is 3.85. The van der Waals surface area contributed by atoms with E-state index in [2.05, 4.69) is 27.7 Å². The molecular formula is C20H34O2. The fourth-order valence-corrected chi connectivity index (χ4v) is 8.11. The Morgan fingerprint density at radius 2 is 1.82 bits per heavy atom. The molecule has 1 spiro atoms. The van der Waals surface area contributed by atoms with Crippen LogP contribution in [0.5, 0.6) is 0 Å². The SMILES string of the molecule is CC(C)[C@H]1[C@@H](O)[C@@]23CC[C@H]4[C@](C)(CO)CCC[C@]4(C)[C@@H]2C[C@@H]13. The third kappa shape index (κ3) is 1.50. The molecule has 2 nitrogen and oxygen atoms in total. The maximum absolute atomic E-state index is 11.0. The van der Waals surface area contributed by atoms with Gasteiger partial charge in [-0.1, -0.05) is 34.1 Å². The van der Waals surface area contributed by atoms with Gasteiger partial charge in [-0.05, 0) is 72.5 Å². The first-order valence-corrected chi connectivity index (χ1v) is 9.60. The van der Waals surface area contributed by atoms with Crippen molar-refractivity contribution >= 4 is 0 Å². The highest BCUT2D eigenvalue weighted by Crippen LogP contribution is 2.80. The van der Waals surface area contributed by atoms with Crippen molar-refractivity contribution in [3.8, 4) is 0 Å². The molecule has 0 bridgehead atoms. The van der Waals surface area contributed by atoms with E-state index in [0.717, 1.165) is 5.92 Å². The molecule has 0 heterocycles. The highest BCUT2D eigenvalue weighted by molar-refractivity contribution is 5.25. The van der Waals surface area contributed by atoms with Crippen LogP contribution < -0.4 is 0 Å². The zero-order valence-corrected chi connectivity index (χ0v) is 14.8. The van der Waals surface area contributed by atoms with Gasteiger partial charge in [0.25, 0.3) is 0 Å². The van der Waals surface area contributed by atoms with Gasteiger partial charge in [-0.15, -0.1) is 0 Å². The van der Waals surface area contributed by atoms with E-state index in [1.165, 1.54) is 38.5 Å². The third-order valence-corrected chi connectivity index (χ3v) is 9.10. The summed E-state index contributed by atoms with van der Waals surface area (Å²) in [5.74, 6) is 3.31. The second-order valence-electron chi connectivity index (χ2n) is 10.0. The second kappa shape index (κ2) is 4.51. The van der Waals surface area contributed by atoms with Gasteiger partial charge in [0.15, 0.2) is 0 Å². The van der Waals surface area contributed by atoms with E-state index in [-0.39, 0.29) is 16.9 Å². The van der Waals surface area contributed by atoms with Crippen LogP contribution in [0.3, 0.4) is 0 Å². The number of hydrogen-bond acceptors (Lipinski definition) is 2. The van der Waals surface area contributed by atoms with Gasteiger partial charge in [0.1, 0.15) is 0 Å². The molecule has 0 saturated heterocycles. The summed E-state index contributed by atoms with van der Waals surface area (Å²) in [4.78, 5) is 0. The number of hydrogen-bond donors (Lipinski definition) is 2. The number of aliphatic hydroxyl groups is 2. The summed E-state index contributed by atoms with van der Waals surface area (Å²) in [6.07, 6.45) is 7.47. The van der Waals surface area contributed by atoms with E-state index >= 15 is 0 Å². The summed E-state index contributed by atoms with van der Waals surface area (Å²) in [6.45, 7) is 9.72. The molecule has 0 aliphatic heterocycles. The third-order valence-electron chi connectivity index (χ3n) is 9.10. The molecule has 0 amide bonds. The quantitative estimate of drug-likeness (QED) is 0.813. The minimum atomic E-state index is -0.0589. The van der Waals surface area contributed by atoms with Crippen molar-refractivity contribution in [2.45, 2.75) is 72.3 Å². The Morgan fingerprint density at radius 3 is 2.41 bits per heavy atom. The molecule has 4 fully saturated rings. The number of fused-ring (bicyclic) bond motifs is 2. The molecule has 4 rings (SSSR count). The van der Waals surface area contributed by atoms with Crippen molar-refractivity contribution in [2.24, 2.45) is 45.8 Å². The van der Waals surface area contributed by atoms with Gasteiger partial charge in [-0.2, -0.15) is 0 Å². The topological polar surface area (TPSA) is 40.5 Å². The van der Waals surface area contributed by atoms with Crippen molar-refractivity contribution in [1.82, 2.24) is 0 Å². The summed E-state index contributed by atoms with van der Waals surface area (Å²) in [5.41, 5.74) is 0.729. The predicted molar refractivity (Wildman–Crippen MR) is 88.2 cm³/mol. The summed E-state index contributed by atoms with van der Waals surface area (Å²) in [7, 11) is 0. The van der Waals surface area contributed by atoms with Gasteiger partial charge in [-0.25, -0.2) is 0 Å². The molecule has 4 saturated carbocycles. The maximum atomic E-state index is 11.0. The lowest BCUT2D eigenvalue weighted by Crippen LogP contribution is -2.78. The maximum Gasteiger partial charge on any atom is 0.0635 e. The molecule has 8 atom stereocenters. The Balaban J connectivity index is 1.65. The van der Waals surface area contributed by atoms with Gasteiger partial charge in [0.2, 0.25) is 0 Å². The molecule has 126 valence electrons. The Labute approximate surface area is 135 Å². The Morgan fingerprint density at radius 1 is 1.09 bits per heavy atom. The molecule has 0 unspecified atom stereocenters. The van der Waals surface area contributed by atoms with Crippen LogP contribution in [0.1, 0.15) is 66.2 Å². The van der Waals surface area contributed by atoms with Crippen LogP contribution in [0.25, 0.3) is 0 Å². The highest BCUT2D eigenvalue weighted by atomic mass is 16.3. The molecule has 0 radical (unpaired) electrons. The average Bonchev–Trinajstić information content (AvgIpc) is 2.45. The van der Waals surface area contributed by atoms with Crippen LogP contribution in [-0.4, -0.2) is 22.9 Å². The van der Waals surface area contributed by atoms with E-state index in [4.69, 9.17) is 0 Å². The summed E-state index contributed by atoms with van der Waals surface area (Å²) < 4.78 is 0. The lowest BCUT2D eigenvalue weighted by Gasteiger charge is -2.79. The molecule has 0 aromatic carbocycles. The van der Waals surface area contributed by atoms with E-state index in [0.29, 0.717) is 35.7 Å². The Hall–Kier alpha value is -0.0800. The van der Waals surface area contributed by atoms with Gasteiger partial charge < -0.3 is 10.2 Å². The smallest absolute Gasteiger partial charge is 0.0635 e. The largest absolute Gasteiger partial charge is 0.396 e. The standard InChI is InChI=1S/C20H34O2/c1-12(2)16-13-10-15-19(4)8-5-7-18(3,11-21)14(19)6-9-20(13,15)17(16)22/h12-17,21-22H,5-11H2,1-4H3/t13-,14-,15-,16+,17+,18-,19-,20+/m0/s1. The first kappa shape index (κ1) is 15.4. The van der Waals surface area contributed by atoms with Crippen LogP contribution in [0.15, 0.2) is 0 Å². The number of rotatable bonds is 2. The van der Waals surface area contributed by atoms with E-state index in [9.17, 15) is 10.2 Å². The van der Waals surface area contributed by atoms with Crippen LogP contribution in [0, 0.1) is 45.8 Å². The van der Waals surface area contributed by atoms with Gasteiger partial charge >= 0.3 is 0 Å². The lowest BCUT2D eigenvalue weighted by molar-refractivity contribution is -0.349. The van der Waals surface area contributed by atoms with E-state index < -0.39 is 0 Å². The summed E-state index contributed by atoms with van der Waals surface area (Å²) in [5, 5.41) is 21.0. The van der Waals surface area contributed by atoms with E-state index in [1.54, 1.807) is 0 Å². The Kier molecular flexibility index (Phi) is 3.16. The lowest BCUT2D eigenvalue weighted by atomic mass is 9.26. The monoisotopic (exact) mass is 306 g/mol. The molecule has 22 heavy (non-hydrogen) atoms. The van der Waals surface area contributed by atoms with Crippen LogP contribution >= 0.6 is 0 Å². The van der Waals surface area contributed by atoms with Crippen molar-refractivity contribution in [1.29, 1.82) is 0 Å². The molecular weight excluding hydrogens is 272 g/mol. The first-order valence-electron chi connectivity index (χ1n) is 9.60. The minimum absolute atomic E-state index is 0.0589. The molecule has 0 aromatic heterocycles. The van der Waals surface area contributed by atoms with E-state index in [1.807, 2.05) is 0 Å². The van der Waals surface area contributed by atoms with Crippen LogP contribution in [-0.2, 0) is 0 Å². The summed E-state index contributed by atoms with van der Waals surface area (Å²) in [6, 6.07) is 0. The number of aliphatic hydroxyl groups excluding tert-OH is 2. The summed E-state index contributed by atoms with van der Waals surface area (Å²) >= 11 is 0. The van der Waals surface area contributed by atoms with Gasteiger partial charge in [-0.3, -0.25) is 0 Å². The van der Waals surface area contributed by atoms with Crippen molar-refractivity contribution in [2.75, 3.05) is 6.61 Å². The minimum Gasteiger partial charge on any atom is -0.396 e. The van der Waals surface area contributed by atoms with Gasteiger partial charge in [0.05, 0.1) is 6.10 Å². The molecule has 4 aliphatic rings. The zero-order valence-electron chi connectivity index (χ0n) is 14.8. The van der Waals surface area contributed by atoms with Gasteiger partial charge in [0, 0.05) is 12.0 Å². The zero-order chi connectivity index (χ0) is 15.9. The molecule has 2 N–H and O–H groups in total. The molecule has 0 aromatic rings.